The lowest BCUT2D eigenvalue weighted by Gasteiger charge is -2.30. The van der Waals surface area contributed by atoms with Crippen LogP contribution in [0.4, 0.5) is 11.4 Å². The second kappa shape index (κ2) is 8.88. The van der Waals surface area contributed by atoms with Gasteiger partial charge in [-0.1, -0.05) is 31.5 Å². The highest BCUT2D eigenvalue weighted by Crippen LogP contribution is 2.50. The van der Waals surface area contributed by atoms with E-state index in [0.717, 1.165) is 17.5 Å². The van der Waals surface area contributed by atoms with Crippen LogP contribution in [-0.2, 0) is 15.1 Å². The van der Waals surface area contributed by atoms with E-state index in [9.17, 15) is 9.59 Å². The molecule has 0 bridgehead atoms. The van der Waals surface area contributed by atoms with Gasteiger partial charge in [0.2, 0.25) is 11.8 Å². The van der Waals surface area contributed by atoms with Crippen LogP contribution >= 0.6 is 11.6 Å². The molecule has 2 amide bonds. The summed E-state index contributed by atoms with van der Waals surface area (Å²) in [6.07, 6.45) is 1.37. The van der Waals surface area contributed by atoms with E-state index in [1.165, 1.54) is 0 Å². The zero-order valence-corrected chi connectivity index (χ0v) is 20.3. The first kappa shape index (κ1) is 23.4. The summed E-state index contributed by atoms with van der Waals surface area (Å²) in [7, 11) is 3.10. The molecule has 2 aliphatic heterocycles. The number of carbonyl (C=O) groups is 2. The molecule has 2 aromatic rings. The number of anilines is 2. The summed E-state index contributed by atoms with van der Waals surface area (Å²) in [5, 5.41) is 9.93. The number of halogens is 1. The fraction of sp³-hybridized carbons (Fsp3) is 0.440. The third-order valence-electron chi connectivity index (χ3n) is 6.47. The molecule has 0 saturated carbocycles. The quantitative estimate of drug-likeness (QED) is 0.578. The number of hydrogen-bond acceptors (Lipinski definition) is 5. The van der Waals surface area contributed by atoms with E-state index in [0.29, 0.717) is 40.2 Å². The van der Waals surface area contributed by atoms with E-state index in [2.05, 4.69) is 29.8 Å². The third-order valence-corrected chi connectivity index (χ3v) is 6.77. The zero-order chi connectivity index (χ0) is 23.9. The van der Waals surface area contributed by atoms with Crippen molar-refractivity contribution in [1.82, 2.24) is 5.32 Å². The molecule has 176 valence electrons. The monoisotopic (exact) mass is 471 g/mol. The van der Waals surface area contributed by atoms with Gasteiger partial charge in [-0.05, 0) is 49.4 Å². The van der Waals surface area contributed by atoms with Crippen molar-refractivity contribution in [2.24, 2.45) is 11.8 Å². The van der Waals surface area contributed by atoms with Crippen molar-refractivity contribution in [3.05, 3.63) is 46.5 Å². The fourth-order valence-corrected chi connectivity index (χ4v) is 5.43. The molecule has 1 saturated heterocycles. The first-order chi connectivity index (χ1) is 15.7. The van der Waals surface area contributed by atoms with E-state index in [-0.39, 0.29) is 17.9 Å². The molecule has 1 spiro atoms. The molecule has 3 atom stereocenters. The average molecular weight is 472 g/mol. The molecule has 0 aliphatic carbocycles. The number of benzene rings is 2. The van der Waals surface area contributed by atoms with Gasteiger partial charge < -0.3 is 20.1 Å². The van der Waals surface area contributed by atoms with Gasteiger partial charge in [0.15, 0.2) is 0 Å². The Labute approximate surface area is 199 Å². The number of nitrogens with one attached hydrogen (secondary N) is 3. The first-order valence-electron chi connectivity index (χ1n) is 11.1. The number of carbonyl (C=O) groups excluding carboxylic acids is 2. The molecular formula is C25H30ClN3O4. The largest absolute Gasteiger partial charge is 0.497 e. The standard InChI is InChI=1S/C25H30ClN3O4/c1-13(2)8-15-11-18(23(30)27-20-12-16(32-4)6-7-21(20)33-5)25(29-15)17-9-14(3)10-19(26)22(17)28-24(25)31/h6-7,9-10,12-13,15,18,29H,8,11H2,1-5H3,(H,27,30)(H,28,31)/t15-,18+,25-/m0/s1. The smallest absolute Gasteiger partial charge is 0.250 e. The highest BCUT2D eigenvalue weighted by Gasteiger charge is 2.60. The molecule has 2 aliphatic rings. The Morgan fingerprint density at radius 2 is 2.00 bits per heavy atom. The predicted molar refractivity (Wildman–Crippen MR) is 129 cm³/mol. The van der Waals surface area contributed by atoms with Crippen LogP contribution in [0.15, 0.2) is 30.3 Å². The highest BCUT2D eigenvalue weighted by atomic mass is 35.5. The Kier molecular flexibility index (Phi) is 6.29. The molecule has 7 nitrogen and oxygen atoms in total. The Bertz CT molecular complexity index is 1100. The number of amides is 2. The van der Waals surface area contributed by atoms with Crippen LogP contribution in [0.1, 0.15) is 37.8 Å². The minimum atomic E-state index is -1.19. The van der Waals surface area contributed by atoms with Crippen molar-refractivity contribution in [3.8, 4) is 11.5 Å². The highest BCUT2D eigenvalue weighted by molar-refractivity contribution is 6.35. The lowest BCUT2D eigenvalue weighted by atomic mass is 9.79. The summed E-state index contributed by atoms with van der Waals surface area (Å²) in [5.41, 5.74) is 1.52. The van der Waals surface area contributed by atoms with Crippen molar-refractivity contribution in [1.29, 1.82) is 0 Å². The predicted octanol–water partition coefficient (Wildman–Crippen LogP) is 4.48. The summed E-state index contributed by atoms with van der Waals surface area (Å²) in [6, 6.07) is 8.97. The number of hydrogen-bond donors (Lipinski definition) is 3. The fourth-order valence-electron chi connectivity index (χ4n) is 5.11. The average Bonchev–Trinajstić information content (AvgIpc) is 3.27. The van der Waals surface area contributed by atoms with Crippen molar-refractivity contribution in [3.63, 3.8) is 0 Å². The van der Waals surface area contributed by atoms with Gasteiger partial charge in [-0.2, -0.15) is 0 Å². The second-order valence-electron chi connectivity index (χ2n) is 9.25. The molecule has 2 aromatic carbocycles. The Balaban J connectivity index is 1.77. The maximum absolute atomic E-state index is 13.7. The van der Waals surface area contributed by atoms with Gasteiger partial charge in [0.25, 0.3) is 0 Å². The molecule has 2 heterocycles. The van der Waals surface area contributed by atoms with Crippen LogP contribution in [-0.4, -0.2) is 32.1 Å². The van der Waals surface area contributed by atoms with Gasteiger partial charge in [0.05, 0.1) is 36.5 Å². The van der Waals surface area contributed by atoms with E-state index >= 15 is 0 Å². The summed E-state index contributed by atoms with van der Waals surface area (Å²) in [4.78, 5) is 27.2. The van der Waals surface area contributed by atoms with Gasteiger partial charge in [-0.25, -0.2) is 0 Å². The zero-order valence-electron chi connectivity index (χ0n) is 19.5. The van der Waals surface area contributed by atoms with Gasteiger partial charge in [0, 0.05) is 17.7 Å². The van der Waals surface area contributed by atoms with Crippen molar-refractivity contribution < 1.29 is 19.1 Å². The van der Waals surface area contributed by atoms with Crippen LogP contribution < -0.4 is 25.4 Å². The van der Waals surface area contributed by atoms with Crippen molar-refractivity contribution in [2.45, 2.75) is 45.2 Å². The number of ether oxygens (including phenoxy) is 2. The van der Waals surface area contributed by atoms with E-state index < -0.39 is 11.5 Å². The Hall–Kier alpha value is -2.77. The molecule has 4 rings (SSSR count). The van der Waals surface area contributed by atoms with Crippen molar-refractivity contribution >= 4 is 34.8 Å². The van der Waals surface area contributed by atoms with Crippen LogP contribution in [0, 0.1) is 18.8 Å². The second-order valence-corrected chi connectivity index (χ2v) is 9.65. The van der Waals surface area contributed by atoms with Crippen LogP contribution in [0.5, 0.6) is 11.5 Å². The summed E-state index contributed by atoms with van der Waals surface area (Å²) in [6.45, 7) is 6.19. The molecule has 0 aromatic heterocycles. The summed E-state index contributed by atoms with van der Waals surface area (Å²) in [5.74, 6) is 0.351. The van der Waals surface area contributed by atoms with E-state index in [1.54, 1.807) is 32.4 Å². The number of aryl methyl sites for hydroxylation is 1. The SMILES string of the molecule is COc1ccc(OC)c(NC(=O)[C@H]2C[C@H](CC(C)C)N[C@]23C(=O)Nc2c(Cl)cc(C)cc23)c1. The van der Waals surface area contributed by atoms with Gasteiger partial charge >= 0.3 is 0 Å². The van der Waals surface area contributed by atoms with Gasteiger partial charge in [-0.15, -0.1) is 0 Å². The first-order valence-corrected chi connectivity index (χ1v) is 11.5. The Morgan fingerprint density at radius 1 is 1.24 bits per heavy atom. The summed E-state index contributed by atoms with van der Waals surface area (Å²) < 4.78 is 10.7. The maximum Gasteiger partial charge on any atom is 0.250 e. The topological polar surface area (TPSA) is 88.7 Å². The Morgan fingerprint density at radius 3 is 2.67 bits per heavy atom. The minimum absolute atomic E-state index is 0.00365. The molecule has 0 unspecified atom stereocenters. The lowest BCUT2D eigenvalue weighted by Crippen LogP contribution is -2.52. The van der Waals surface area contributed by atoms with Gasteiger partial charge in [0.1, 0.15) is 17.0 Å². The summed E-state index contributed by atoms with van der Waals surface area (Å²) >= 11 is 6.48. The minimum Gasteiger partial charge on any atom is -0.497 e. The lowest BCUT2D eigenvalue weighted by molar-refractivity contribution is -0.130. The molecule has 1 fully saturated rings. The number of rotatable bonds is 6. The van der Waals surface area contributed by atoms with Crippen LogP contribution in [0.2, 0.25) is 5.02 Å². The maximum atomic E-state index is 13.7. The van der Waals surface area contributed by atoms with Gasteiger partial charge in [-0.3, -0.25) is 14.9 Å². The number of methoxy groups -OCH3 is 2. The van der Waals surface area contributed by atoms with E-state index in [1.807, 2.05) is 19.1 Å². The normalized spacial score (nSPS) is 23.5. The molecule has 8 heteroatoms. The van der Waals surface area contributed by atoms with Crippen LogP contribution in [0.25, 0.3) is 0 Å². The molecule has 33 heavy (non-hydrogen) atoms. The van der Waals surface area contributed by atoms with Crippen molar-refractivity contribution in [2.75, 3.05) is 24.9 Å². The van der Waals surface area contributed by atoms with E-state index in [4.69, 9.17) is 21.1 Å². The van der Waals surface area contributed by atoms with Crippen LogP contribution in [0.3, 0.4) is 0 Å². The molecular weight excluding hydrogens is 442 g/mol. The molecule has 0 radical (unpaired) electrons. The molecule has 3 N–H and O–H groups in total. The number of fused-ring (bicyclic) bond motifs is 2. The third kappa shape index (κ3) is 4.04.